The van der Waals surface area contributed by atoms with Gasteiger partial charge in [0.05, 0.1) is 26.9 Å². The number of hydrogen-bond donors (Lipinski definition) is 1. The molecule has 1 unspecified atom stereocenters. The predicted molar refractivity (Wildman–Crippen MR) is 79.9 cm³/mol. The van der Waals surface area contributed by atoms with Gasteiger partial charge in [0, 0.05) is 11.8 Å². The van der Waals surface area contributed by atoms with Crippen molar-refractivity contribution >= 4 is 0 Å². The molecule has 1 N–H and O–H groups in total. The molecule has 2 aromatic rings. The van der Waals surface area contributed by atoms with Gasteiger partial charge in [-0.2, -0.15) is 0 Å². The highest BCUT2D eigenvalue weighted by molar-refractivity contribution is 5.43. The molecule has 0 bridgehead atoms. The van der Waals surface area contributed by atoms with Crippen LogP contribution in [0.2, 0.25) is 0 Å². The molecule has 5 nitrogen and oxygen atoms in total. The van der Waals surface area contributed by atoms with Gasteiger partial charge in [-0.05, 0) is 30.7 Å². The van der Waals surface area contributed by atoms with E-state index in [2.05, 4.69) is 0 Å². The number of rotatable bonds is 5. The Morgan fingerprint density at radius 1 is 1.19 bits per heavy atom. The summed E-state index contributed by atoms with van der Waals surface area (Å²) in [5.74, 6) is 1.15. The molecule has 0 aliphatic heterocycles. The fourth-order valence-corrected chi connectivity index (χ4v) is 2.15. The molecule has 21 heavy (non-hydrogen) atoms. The Morgan fingerprint density at radius 3 is 2.57 bits per heavy atom. The summed E-state index contributed by atoms with van der Waals surface area (Å²) in [5, 5.41) is 10.3. The van der Waals surface area contributed by atoms with E-state index in [4.69, 9.17) is 9.47 Å². The van der Waals surface area contributed by atoms with E-state index >= 15 is 0 Å². The number of ether oxygens (including phenoxy) is 2. The molecule has 0 amide bonds. The number of pyridine rings is 1. The highest BCUT2D eigenvalue weighted by Crippen LogP contribution is 2.30. The van der Waals surface area contributed by atoms with Crippen molar-refractivity contribution in [1.29, 1.82) is 0 Å². The second-order valence-corrected chi connectivity index (χ2v) is 4.78. The fourth-order valence-electron chi connectivity index (χ4n) is 2.15. The monoisotopic (exact) mass is 289 g/mol. The third kappa shape index (κ3) is 3.25. The Kier molecular flexibility index (Phi) is 4.65. The van der Waals surface area contributed by atoms with Crippen molar-refractivity contribution in [3.05, 3.63) is 58.0 Å². The summed E-state index contributed by atoms with van der Waals surface area (Å²) < 4.78 is 11.9. The third-order valence-corrected chi connectivity index (χ3v) is 3.37. The van der Waals surface area contributed by atoms with Gasteiger partial charge >= 0.3 is 0 Å². The molecule has 0 fully saturated rings. The highest BCUT2D eigenvalue weighted by atomic mass is 16.5. The SMILES string of the molecule is COc1ccc(C(O)Cn2cccc(C)c2=O)cc1OC. The van der Waals surface area contributed by atoms with Crippen LogP contribution in [0.1, 0.15) is 17.2 Å². The molecule has 0 saturated carbocycles. The maximum atomic E-state index is 12.0. The van der Waals surface area contributed by atoms with Crippen LogP contribution in [0.4, 0.5) is 0 Å². The minimum Gasteiger partial charge on any atom is -0.493 e. The minimum absolute atomic E-state index is 0.1000. The first-order chi connectivity index (χ1) is 10.1. The molecule has 5 heteroatoms. The van der Waals surface area contributed by atoms with Gasteiger partial charge in [0.2, 0.25) is 0 Å². The largest absolute Gasteiger partial charge is 0.493 e. The molecule has 1 aromatic carbocycles. The minimum atomic E-state index is -0.802. The van der Waals surface area contributed by atoms with Crippen LogP contribution in [-0.2, 0) is 6.54 Å². The van der Waals surface area contributed by atoms with E-state index in [0.717, 1.165) is 0 Å². The van der Waals surface area contributed by atoms with Crippen molar-refractivity contribution < 1.29 is 14.6 Å². The fraction of sp³-hybridized carbons (Fsp3) is 0.312. The van der Waals surface area contributed by atoms with Crippen molar-refractivity contribution in [2.24, 2.45) is 0 Å². The number of aromatic nitrogens is 1. The van der Waals surface area contributed by atoms with Gasteiger partial charge < -0.3 is 19.1 Å². The van der Waals surface area contributed by atoms with Crippen LogP contribution in [0, 0.1) is 6.92 Å². The van der Waals surface area contributed by atoms with Crippen LogP contribution in [-0.4, -0.2) is 23.9 Å². The van der Waals surface area contributed by atoms with Crippen LogP contribution in [0.3, 0.4) is 0 Å². The zero-order chi connectivity index (χ0) is 15.4. The van der Waals surface area contributed by atoms with Crippen LogP contribution in [0.25, 0.3) is 0 Å². The smallest absolute Gasteiger partial charge is 0.253 e. The number of aliphatic hydroxyl groups excluding tert-OH is 1. The van der Waals surface area contributed by atoms with Gasteiger partial charge in [-0.25, -0.2) is 0 Å². The molecule has 0 aliphatic rings. The number of methoxy groups -OCH3 is 2. The molecule has 2 rings (SSSR count). The van der Waals surface area contributed by atoms with E-state index in [1.165, 1.54) is 4.57 Å². The molecular formula is C16H19NO4. The number of hydrogen-bond acceptors (Lipinski definition) is 4. The van der Waals surface area contributed by atoms with Gasteiger partial charge in [-0.1, -0.05) is 12.1 Å². The second-order valence-electron chi connectivity index (χ2n) is 4.78. The number of aryl methyl sites for hydroxylation is 1. The van der Waals surface area contributed by atoms with Crippen LogP contribution in [0.5, 0.6) is 11.5 Å². The van der Waals surface area contributed by atoms with E-state index in [9.17, 15) is 9.90 Å². The maximum Gasteiger partial charge on any atom is 0.253 e. The van der Waals surface area contributed by atoms with Gasteiger partial charge in [0.1, 0.15) is 0 Å². The predicted octanol–water partition coefficient (Wildman–Crippen LogP) is 1.91. The molecule has 0 radical (unpaired) electrons. The van der Waals surface area contributed by atoms with Gasteiger partial charge in [0.15, 0.2) is 11.5 Å². The summed E-state index contributed by atoms with van der Waals surface area (Å²) in [5.41, 5.74) is 1.22. The lowest BCUT2D eigenvalue weighted by molar-refractivity contribution is 0.154. The summed E-state index contributed by atoms with van der Waals surface area (Å²) in [6.07, 6.45) is 0.864. The van der Waals surface area contributed by atoms with Crippen LogP contribution < -0.4 is 15.0 Å². The summed E-state index contributed by atoms with van der Waals surface area (Å²) in [6, 6.07) is 8.74. The highest BCUT2D eigenvalue weighted by Gasteiger charge is 2.13. The standard InChI is InChI=1S/C16H19NO4/c1-11-5-4-8-17(16(11)19)10-13(18)12-6-7-14(20-2)15(9-12)21-3/h4-9,13,18H,10H2,1-3H3. The average molecular weight is 289 g/mol. The van der Waals surface area contributed by atoms with E-state index in [-0.39, 0.29) is 12.1 Å². The van der Waals surface area contributed by atoms with Crippen molar-refractivity contribution in [3.63, 3.8) is 0 Å². The molecule has 0 saturated heterocycles. The Morgan fingerprint density at radius 2 is 1.90 bits per heavy atom. The molecule has 0 aliphatic carbocycles. The van der Waals surface area contributed by atoms with Crippen molar-refractivity contribution in [1.82, 2.24) is 4.57 Å². The lowest BCUT2D eigenvalue weighted by Crippen LogP contribution is -2.24. The first-order valence-electron chi connectivity index (χ1n) is 6.63. The average Bonchev–Trinajstić information content (AvgIpc) is 2.51. The van der Waals surface area contributed by atoms with Gasteiger partial charge in [-0.3, -0.25) is 4.79 Å². The third-order valence-electron chi connectivity index (χ3n) is 3.37. The maximum absolute atomic E-state index is 12.0. The summed E-state index contributed by atoms with van der Waals surface area (Å²) in [7, 11) is 3.10. The number of benzene rings is 1. The van der Waals surface area contributed by atoms with E-state index in [1.54, 1.807) is 57.7 Å². The van der Waals surface area contributed by atoms with Crippen LogP contribution >= 0.6 is 0 Å². The van der Waals surface area contributed by atoms with Gasteiger partial charge in [0.25, 0.3) is 5.56 Å². The summed E-state index contributed by atoms with van der Waals surface area (Å²) in [6.45, 7) is 1.94. The number of nitrogens with zero attached hydrogens (tertiary/aromatic N) is 1. The van der Waals surface area contributed by atoms with E-state index in [0.29, 0.717) is 22.6 Å². The normalized spacial score (nSPS) is 12.0. The topological polar surface area (TPSA) is 60.7 Å². The van der Waals surface area contributed by atoms with Gasteiger partial charge in [-0.15, -0.1) is 0 Å². The molecule has 1 aromatic heterocycles. The Balaban J connectivity index is 2.26. The molecular weight excluding hydrogens is 270 g/mol. The first kappa shape index (κ1) is 15.1. The second kappa shape index (κ2) is 6.45. The summed E-state index contributed by atoms with van der Waals surface area (Å²) in [4.78, 5) is 12.0. The first-order valence-corrected chi connectivity index (χ1v) is 6.63. The Hall–Kier alpha value is -2.27. The molecule has 0 spiro atoms. The zero-order valence-electron chi connectivity index (χ0n) is 12.4. The Labute approximate surface area is 123 Å². The summed E-state index contributed by atoms with van der Waals surface area (Å²) >= 11 is 0. The van der Waals surface area contributed by atoms with Crippen molar-refractivity contribution in [3.8, 4) is 11.5 Å². The van der Waals surface area contributed by atoms with Crippen molar-refractivity contribution in [2.75, 3.05) is 14.2 Å². The quantitative estimate of drug-likeness (QED) is 0.913. The molecule has 112 valence electrons. The molecule has 1 heterocycles. The van der Waals surface area contributed by atoms with Crippen molar-refractivity contribution in [2.45, 2.75) is 19.6 Å². The van der Waals surface area contributed by atoms with Crippen LogP contribution in [0.15, 0.2) is 41.3 Å². The number of aliphatic hydroxyl groups is 1. The molecule has 1 atom stereocenters. The lowest BCUT2D eigenvalue weighted by Gasteiger charge is -2.15. The van der Waals surface area contributed by atoms with E-state index in [1.807, 2.05) is 0 Å². The lowest BCUT2D eigenvalue weighted by atomic mass is 10.1. The van der Waals surface area contributed by atoms with E-state index < -0.39 is 6.10 Å². The zero-order valence-corrected chi connectivity index (χ0v) is 12.4. The Bertz CT molecular complexity index is 678.